The van der Waals surface area contributed by atoms with Crippen molar-refractivity contribution in [2.24, 2.45) is 0 Å². The monoisotopic (exact) mass is 283 g/mol. The van der Waals surface area contributed by atoms with Gasteiger partial charge in [0.15, 0.2) is 0 Å². The molecule has 0 aromatic heterocycles. The molecular weight excluding hydrogens is 266 g/mol. The second-order valence-electron chi connectivity index (χ2n) is 5.21. The zero-order valence-electron chi connectivity index (χ0n) is 11.8. The van der Waals surface area contributed by atoms with Crippen LogP contribution in [-0.4, -0.2) is 18.1 Å². The fraction of sp³-hybridized carbons (Fsp3) is 0.235. The minimum absolute atomic E-state index is 0.00411. The summed E-state index contributed by atoms with van der Waals surface area (Å²) in [4.78, 5) is 11.4. The third kappa shape index (κ3) is 2.90. The van der Waals surface area contributed by atoms with Crippen LogP contribution in [0, 0.1) is 0 Å². The Morgan fingerprint density at radius 3 is 2.95 bits per heavy atom. The van der Waals surface area contributed by atoms with Crippen LogP contribution >= 0.6 is 0 Å². The number of hydrogen-bond acceptors (Lipinski definition) is 3. The first-order chi connectivity index (χ1) is 10.2. The predicted octanol–water partition coefficient (Wildman–Crippen LogP) is 2.47. The van der Waals surface area contributed by atoms with E-state index in [1.807, 2.05) is 42.5 Å². The zero-order chi connectivity index (χ0) is 14.8. The highest BCUT2D eigenvalue weighted by molar-refractivity contribution is 5.99. The van der Waals surface area contributed by atoms with Crippen molar-refractivity contribution in [3.05, 3.63) is 59.2 Å². The van der Waals surface area contributed by atoms with Gasteiger partial charge in [-0.1, -0.05) is 24.3 Å². The summed E-state index contributed by atoms with van der Waals surface area (Å²) in [7, 11) is 1.63. The largest absolute Gasteiger partial charge is 0.497 e. The Kier molecular flexibility index (Phi) is 3.62. The molecule has 0 spiro atoms. The van der Waals surface area contributed by atoms with E-state index in [-0.39, 0.29) is 5.91 Å². The average Bonchev–Trinajstić information content (AvgIpc) is 2.86. The molecule has 0 saturated carbocycles. The molecule has 108 valence electrons. The normalized spacial score (nSPS) is 14.5. The molecule has 0 radical (unpaired) electrons. The number of hydrogen-bond donors (Lipinski definition) is 2. The fourth-order valence-corrected chi connectivity index (χ4v) is 2.60. The molecule has 3 rings (SSSR count). The van der Waals surface area contributed by atoms with Crippen LogP contribution in [0.2, 0.25) is 0 Å². The molecule has 1 atom stereocenters. The molecule has 1 unspecified atom stereocenters. The lowest BCUT2D eigenvalue weighted by Gasteiger charge is -2.13. The lowest BCUT2D eigenvalue weighted by molar-refractivity contribution is -0.115. The first-order valence-electron chi connectivity index (χ1n) is 6.89. The molecule has 1 aliphatic heterocycles. The van der Waals surface area contributed by atoms with E-state index < -0.39 is 6.10 Å². The molecule has 0 saturated heterocycles. The molecule has 1 aliphatic rings. The van der Waals surface area contributed by atoms with Gasteiger partial charge < -0.3 is 15.2 Å². The van der Waals surface area contributed by atoms with E-state index in [0.717, 1.165) is 28.1 Å². The van der Waals surface area contributed by atoms with Gasteiger partial charge in [-0.05, 0) is 34.9 Å². The molecule has 1 amide bonds. The topological polar surface area (TPSA) is 58.6 Å². The number of rotatable bonds is 4. The van der Waals surface area contributed by atoms with E-state index in [9.17, 15) is 9.90 Å². The first-order valence-corrected chi connectivity index (χ1v) is 6.89. The van der Waals surface area contributed by atoms with Crippen LogP contribution in [-0.2, 0) is 17.6 Å². The number of nitrogens with one attached hydrogen (secondary N) is 1. The summed E-state index contributed by atoms with van der Waals surface area (Å²) in [6.45, 7) is 0. The number of aliphatic hydroxyl groups is 1. The van der Waals surface area contributed by atoms with Crippen LogP contribution in [0.15, 0.2) is 42.5 Å². The first kappa shape index (κ1) is 13.6. The number of carbonyl (C=O) groups excluding carboxylic acids is 1. The van der Waals surface area contributed by atoms with Gasteiger partial charge in [0.1, 0.15) is 5.75 Å². The van der Waals surface area contributed by atoms with Crippen molar-refractivity contribution in [1.82, 2.24) is 0 Å². The summed E-state index contributed by atoms with van der Waals surface area (Å²) in [5, 5.41) is 13.2. The third-order valence-corrected chi connectivity index (χ3v) is 3.70. The summed E-state index contributed by atoms with van der Waals surface area (Å²) in [5.41, 5.74) is 3.63. The molecule has 2 N–H and O–H groups in total. The van der Waals surface area contributed by atoms with Crippen molar-refractivity contribution in [1.29, 1.82) is 0 Å². The minimum Gasteiger partial charge on any atom is -0.497 e. The maximum absolute atomic E-state index is 11.4. The predicted molar refractivity (Wildman–Crippen MR) is 80.4 cm³/mol. The summed E-state index contributed by atoms with van der Waals surface area (Å²) < 4.78 is 5.19. The summed E-state index contributed by atoms with van der Waals surface area (Å²) in [5.74, 6) is 0.785. The summed E-state index contributed by atoms with van der Waals surface area (Å²) in [6, 6.07) is 13.3. The second-order valence-corrected chi connectivity index (χ2v) is 5.21. The Hall–Kier alpha value is -2.33. The number of benzene rings is 2. The van der Waals surface area contributed by atoms with E-state index in [1.165, 1.54) is 0 Å². The second kappa shape index (κ2) is 5.58. The van der Waals surface area contributed by atoms with Gasteiger partial charge >= 0.3 is 0 Å². The molecule has 2 aromatic carbocycles. The fourth-order valence-electron chi connectivity index (χ4n) is 2.60. The Morgan fingerprint density at radius 2 is 2.14 bits per heavy atom. The van der Waals surface area contributed by atoms with Crippen LogP contribution in [0.25, 0.3) is 0 Å². The van der Waals surface area contributed by atoms with E-state index in [2.05, 4.69) is 5.32 Å². The van der Waals surface area contributed by atoms with Gasteiger partial charge in [-0.3, -0.25) is 4.79 Å². The highest BCUT2D eigenvalue weighted by Gasteiger charge is 2.19. The number of aliphatic hydroxyl groups excluding tert-OH is 1. The molecule has 0 bridgehead atoms. The number of amides is 1. The average molecular weight is 283 g/mol. The summed E-state index contributed by atoms with van der Waals surface area (Å²) >= 11 is 0. The highest BCUT2D eigenvalue weighted by atomic mass is 16.5. The van der Waals surface area contributed by atoms with E-state index in [4.69, 9.17) is 4.74 Å². The Balaban J connectivity index is 1.78. The maximum atomic E-state index is 11.4. The van der Waals surface area contributed by atoms with Gasteiger partial charge in [-0.2, -0.15) is 0 Å². The molecule has 21 heavy (non-hydrogen) atoms. The van der Waals surface area contributed by atoms with Crippen LogP contribution in [0.5, 0.6) is 5.75 Å². The van der Waals surface area contributed by atoms with Crippen molar-refractivity contribution in [3.63, 3.8) is 0 Å². The van der Waals surface area contributed by atoms with Crippen LogP contribution in [0.1, 0.15) is 22.8 Å². The van der Waals surface area contributed by atoms with E-state index in [0.29, 0.717) is 12.8 Å². The minimum atomic E-state index is -0.599. The zero-order valence-corrected chi connectivity index (χ0v) is 11.8. The van der Waals surface area contributed by atoms with Crippen molar-refractivity contribution in [2.75, 3.05) is 12.4 Å². The van der Waals surface area contributed by atoms with Gasteiger partial charge in [0.25, 0.3) is 0 Å². The standard InChI is InChI=1S/C17H17NO3/c1-21-14-4-2-3-11(7-14)8-16(19)12-5-6-15-13(9-12)10-17(20)18-15/h2-7,9,16,19H,8,10H2,1H3,(H,18,20). The lowest BCUT2D eigenvalue weighted by Crippen LogP contribution is -2.03. The van der Waals surface area contributed by atoms with Crippen LogP contribution in [0.4, 0.5) is 5.69 Å². The van der Waals surface area contributed by atoms with Gasteiger partial charge in [0, 0.05) is 12.1 Å². The Labute approximate surface area is 123 Å². The number of methoxy groups -OCH3 is 1. The van der Waals surface area contributed by atoms with Crippen molar-refractivity contribution < 1.29 is 14.6 Å². The summed E-state index contributed by atoms with van der Waals surface area (Å²) in [6.07, 6.45) is 0.296. The maximum Gasteiger partial charge on any atom is 0.228 e. The van der Waals surface area contributed by atoms with Crippen molar-refractivity contribution in [2.45, 2.75) is 18.9 Å². The molecule has 4 nitrogen and oxygen atoms in total. The molecule has 4 heteroatoms. The van der Waals surface area contributed by atoms with Crippen LogP contribution < -0.4 is 10.1 Å². The molecule has 0 fully saturated rings. The number of carbonyl (C=O) groups is 1. The number of fused-ring (bicyclic) bond motifs is 1. The third-order valence-electron chi connectivity index (χ3n) is 3.70. The molecule has 2 aromatic rings. The molecule has 0 aliphatic carbocycles. The lowest BCUT2D eigenvalue weighted by atomic mass is 9.99. The quantitative estimate of drug-likeness (QED) is 0.906. The number of ether oxygens (including phenoxy) is 1. The van der Waals surface area contributed by atoms with Gasteiger partial charge in [0.2, 0.25) is 5.91 Å². The van der Waals surface area contributed by atoms with Crippen molar-refractivity contribution >= 4 is 11.6 Å². The van der Waals surface area contributed by atoms with Gasteiger partial charge in [0.05, 0.1) is 19.6 Å². The van der Waals surface area contributed by atoms with E-state index in [1.54, 1.807) is 7.11 Å². The van der Waals surface area contributed by atoms with Crippen molar-refractivity contribution in [3.8, 4) is 5.75 Å². The molecular formula is C17H17NO3. The number of anilines is 1. The molecule has 1 heterocycles. The smallest absolute Gasteiger partial charge is 0.228 e. The Bertz CT molecular complexity index is 681. The Morgan fingerprint density at radius 1 is 1.29 bits per heavy atom. The van der Waals surface area contributed by atoms with Gasteiger partial charge in [-0.15, -0.1) is 0 Å². The van der Waals surface area contributed by atoms with Gasteiger partial charge in [-0.25, -0.2) is 0 Å². The van der Waals surface area contributed by atoms with Crippen LogP contribution in [0.3, 0.4) is 0 Å². The SMILES string of the molecule is COc1cccc(CC(O)c2ccc3c(c2)CC(=O)N3)c1. The highest BCUT2D eigenvalue weighted by Crippen LogP contribution is 2.28. The van der Waals surface area contributed by atoms with E-state index >= 15 is 0 Å².